The molecule has 3 aliphatic heterocycles. The van der Waals surface area contributed by atoms with Gasteiger partial charge in [-0.2, -0.15) is 0 Å². The average molecular weight is 503 g/mol. The lowest BCUT2D eigenvalue weighted by Crippen LogP contribution is -2.45. The van der Waals surface area contributed by atoms with E-state index in [4.69, 9.17) is 33.2 Å². The van der Waals surface area contributed by atoms with Crippen LogP contribution < -0.4 is 4.74 Å². The van der Waals surface area contributed by atoms with Gasteiger partial charge in [-0.05, 0) is 49.8 Å². The Kier molecular flexibility index (Phi) is 7.57. The molecule has 7 heteroatoms. The molecule has 0 radical (unpaired) electrons. The summed E-state index contributed by atoms with van der Waals surface area (Å²) < 4.78 is 44.8. The lowest BCUT2D eigenvalue weighted by molar-refractivity contribution is -0.263. The first-order chi connectivity index (χ1) is 17.7. The molecule has 0 unspecified atom stereocenters. The second-order valence-corrected chi connectivity index (χ2v) is 11.2. The van der Waals surface area contributed by atoms with Crippen LogP contribution in [0.1, 0.15) is 89.5 Å². The summed E-state index contributed by atoms with van der Waals surface area (Å²) in [6, 6.07) is 8.19. The maximum Gasteiger partial charge on any atom is 0.190 e. The monoisotopic (exact) mass is 502 g/mol. The van der Waals surface area contributed by atoms with Crippen LogP contribution in [0.2, 0.25) is 0 Å². The zero-order chi connectivity index (χ0) is 24.4. The second kappa shape index (κ2) is 10.9. The van der Waals surface area contributed by atoms with Crippen LogP contribution in [-0.2, 0) is 35.0 Å². The van der Waals surface area contributed by atoms with Crippen molar-refractivity contribution >= 4 is 0 Å². The molecular weight excluding hydrogens is 460 g/mol. The van der Waals surface area contributed by atoms with Crippen molar-refractivity contribution in [2.24, 2.45) is 0 Å². The smallest absolute Gasteiger partial charge is 0.190 e. The number of unbranched alkanes of at least 4 members (excludes halogenated alkanes) is 1. The molecule has 5 aliphatic rings. The van der Waals surface area contributed by atoms with E-state index in [-0.39, 0.29) is 24.4 Å². The molecule has 7 nitrogen and oxygen atoms in total. The van der Waals surface area contributed by atoms with Gasteiger partial charge in [-0.15, -0.1) is 0 Å². The zero-order valence-electron chi connectivity index (χ0n) is 21.7. The molecule has 2 spiro atoms. The fourth-order valence-corrected chi connectivity index (χ4v) is 6.47. The van der Waals surface area contributed by atoms with Gasteiger partial charge >= 0.3 is 0 Å². The molecule has 3 saturated heterocycles. The summed E-state index contributed by atoms with van der Waals surface area (Å²) in [5.41, 5.74) is 1.10. The summed E-state index contributed by atoms with van der Waals surface area (Å²) >= 11 is 0. The van der Waals surface area contributed by atoms with Crippen molar-refractivity contribution in [1.29, 1.82) is 0 Å². The Morgan fingerprint density at radius 2 is 1.56 bits per heavy atom. The number of hydrogen-bond acceptors (Lipinski definition) is 7. The number of fused-ring (bicyclic) bond motifs is 1. The van der Waals surface area contributed by atoms with Gasteiger partial charge in [0.15, 0.2) is 17.9 Å². The largest absolute Gasteiger partial charge is 0.494 e. The Morgan fingerprint density at radius 3 is 2.28 bits per heavy atom. The van der Waals surface area contributed by atoms with Gasteiger partial charge in [0.2, 0.25) is 0 Å². The van der Waals surface area contributed by atoms with E-state index >= 15 is 0 Å². The van der Waals surface area contributed by atoms with Crippen LogP contribution in [0, 0.1) is 0 Å². The summed E-state index contributed by atoms with van der Waals surface area (Å²) in [4.78, 5) is 0. The van der Waals surface area contributed by atoms with Crippen LogP contribution in [0.3, 0.4) is 0 Å². The molecule has 0 N–H and O–H groups in total. The molecule has 36 heavy (non-hydrogen) atoms. The highest BCUT2D eigenvalue weighted by Gasteiger charge is 2.61. The summed E-state index contributed by atoms with van der Waals surface area (Å²) in [7, 11) is 0. The lowest BCUT2D eigenvalue weighted by atomic mass is 9.94. The first kappa shape index (κ1) is 25.1. The Labute approximate surface area is 215 Å². The van der Waals surface area contributed by atoms with Crippen molar-refractivity contribution in [3.05, 3.63) is 29.8 Å². The van der Waals surface area contributed by atoms with E-state index in [1.54, 1.807) is 0 Å². The minimum absolute atomic E-state index is 0.178. The number of benzene rings is 1. The van der Waals surface area contributed by atoms with Crippen molar-refractivity contribution in [2.75, 3.05) is 13.2 Å². The highest BCUT2D eigenvalue weighted by Crippen LogP contribution is 2.48. The van der Waals surface area contributed by atoms with Crippen molar-refractivity contribution < 1.29 is 33.2 Å². The Balaban J connectivity index is 1.13. The predicted octanol–water partition coefficient (Wildman–Crippen LogP) is 5.63. The van der Waals surface area contributed by atoms with Gasteiger partial charge < -0.3 is 33.2 Å². The van der Waals surface area contributed by atoms with Crippen molar-refractivity contribution in [2.45, 2.75) is 133 Å². The molecule has 1 aromatic rings. The molecule has 1 aromatic carbocycles. The van der Waals surface area contributed by atoms with E-state index in [9.17, 15) is 0 Å². The number of hydrogen-bond donors (Lipinski definition) is 0. The van der Waals surface area contributed by atoms with Crippen LogP contribution in [-0.4, -0.2) is 55.5 Å². The normalized spacial score (nSPS) is 34.9. The van der Waals surface area contributed by atoms with Crippen LogP contribution in [0.4, 0.5) is 0 Å². The predicted molar refractivity (Wildman–Crippen MR) is 132 cm³/mol. The van der Waals surface area contributed by atoms with E-state index < -0.39 is 17.9 Å². The zero-order valence-corrected chi connectivity index (χ0v) is 21.7. The van der Waals surface area contributed by atoms with Crippen LogP contribution in [0.15, 0.2) is 24.3 Å². The highest BCUT2D eigenvalue weighted by atomic mass is 16.9. The van der Waals surface area contributed by atoms with E-state index in [0.717, 1.165) is 82.1 Å². The molecule has 0 aromatic heterocycles. The summed E-state index contributed by atoms with van der Waals surface area (Å²) in [5, 5.41) is 0. The molecule has 0 bridgehead atoms. The lowest BCUT2D eigenvalue weighted by Gasteiger charge is -2.35. The van der Waals surface area contributed by atoms with Gasteiger partial charge in [-0.1, -0.05) is 38.3 Å². The minimum atomic E-state index is -0.519. The third-order valence-corrected chi connectivity index (χ3v) is 8.50. The molecule has 2 saturated carbocycles. The van der Waals surface area contributed by atoms with Crippen LogP contribution in [0.25, 0.3) is 0 Å². The second-order valence-electron chi connectivity index (χ2n) is 11.2. The Bertz CT molecular complexity index is 846. The first-order valence-corrected chi connectivity index (χ1v) is 14.3. The van der Waals surface area contributed by atoms with Gasteiger partial charge in [0.25, 0.3) is 0 Å². The fraction of sp³-hybridized carbons (Fsp3) is 0.793. The molecule has 6 rings (SSSR count). The molecule has 0 amide bonds. The minimum Gasteiger partial charge on any atom is -0.494 e. The number of rotatable bonds is 8. The Morgan fingerprint density at radius 1 is 0.833 bits per heavy atom. The molecule has 200 valence electrons. The van der Waals surface area contributed by atoms with E-state index in [2.05, 4.69) is 19.1 Å². The molecule has 5 atom stereocenters. The van der Waals surface area contributed by atoms with Gasteiger partial charge in [0.1, 0.15) is 30.2 Å². The van der Waals surface area contributed by atoms with E-state index in [1.807, 2.05) is 12.1 Å². The van der Waals surface area contributed by atoms with Crippen LogP contribution >= 0.6 is 0 Å². The maximum absolute atomic E-state index is 6.63. The van der Waals surface area contributed by atoms with Crippen molar-refractivity contribution in [1.82, 2.24) is 0 Å². The van der Waals surface area contributed by atoms with Crippen molar-refractivity contribution in [3.8, 4) is 5.75 Å². The molecule has 3 heterocycles. The summed E-state index contributed by atoms with van der Waals surface area (Å²) in [6.45, 7) is 3.92. The topological polar surface area (TPSA) is 64.6 Å². The van der Waals surface area contributed by atoms with Gasteiger partial charge in [-0.25, -0.2) is 0 Å². The summed E-state index contributed by atoms with van der Waals surface area (Å²) in [6.07, 6.45) is 11.6. The fourth-order valence-electron chi connectivity index (χ4n) is 6.47. The number of ether oxygens (including phenoxy) is 7. The standard InChI is InChI=1S/C29H42O7/c1-2-3-18-30-22-12-10-21(11-13-22)19-31-25-24(23-20-32-28(34-23)14-6-4-7-15-28)33-27-26(25)35-29(36-27)16-8-5-9-17-29/h10-13,23-27H,2-9,14-20H2,1H3/t23-,24-,25+,26-,27-/m0/s1. The first-order valence-electron chi connectivity index (χ1n) is 14.3. The quantitative estimate of drug-likeness (QED) is 0.427. The highest BCUT2D eigenvalue weighted by molar-refractivity contribution is 5.27. The van der Waals surface area contributed by atoms with E-state index in [0.29, 0.717) is 13.2 Å². The van der Waals surface area contributed by atoms with Gasteiger partial charge in [0.05, 0.1) is 19.8 Å². The average Bonchev–Trinajstić information content (AvgIpc) is 3.56. The van der Waals surface area contributed by atoms with Gasteiger partial charge in [-0.3, -0.25) is 0 Å². The maximum atomic E-state index is 6.63. The van der Waals surface area contributed by atoms with E-state index in [1.165, 1.54) is 12.8 Å². The Hall–Kier alpha value is -1.22. The SMILES string of the molecule is CCCCOc1ccc(CO[C@H]2[C@@H]3OC4(CCCCC4)O[C@@H]3O[C@H]2[C@@H]2COC3(CCCCC3)O2)cc1. The van der Waals surface area contributed by atoms with Crippen molar-refractivity contribution in [3.63, 3.8) is 0 Å². The third kappa shape index (κ3) is 5.20. The van der Waals surface area contributed by atoms with Gasteiger partial charge in [0, 0.05) is 25.7 Å². The summed E-state index contributed by atoms with van der Waals surface area (Å²) in [5.74, 6) is -0.0700. The molecule has 5 fully saturated rings. The van der Waals surface area contributed by atoms with Crippen LogP contribution in [0.5, 0.6) is 5.75 Å². The molecular formula is C29H42O7. The third-order valence-electron chi connectivity index (χ3n) is 8.50. The molecule has 2 aliphatic carbocycles.